The van der Waals surface area contributed by atoms with Gasteiger partial charge in [-0.2, -0.15) is 0 Å². The van der Waals surface area contributed by atoms with Crippen LogP contribution in [0.15, 0.2) is 12.1 Å². The molecule has 1 fully saturated rings. The van der Waals surface area contributed by atoms with Gasteiger partial charge in [-0.1, -0.05) is 18.5 Å². The second-order valence-corrected chi connectivity index (χ2v) is 5.17. The Bertz CT molecular complexity index is 533. The molecule has 0 saturated carbocycles. The van der Waals surface area contributed by atoms with Gasteiger partial charge in [0.25, 0.3) is 5.91 Å². The second-order valence-electron chi connectivity index (χ2n) is 4.78. The summed E-state index contributed by atoms with van der Waals surface area (Å²) in [5, 5.41) is 0.316. The van der Waals surface area contributed by atoms with E-state index in [0.717, 1.165) is 5.69 Å². The highest BCUT2D eigenvalue weighted by molar-refractivity contribution is 6.29. The Morgan fingerprint density at radius 3 is 2.90 bits per heavy atom. The molecular weight excluding hydrogens is 280 g/mol. The second kappa shape index (κ2) is 6.22. The van der Waals surface area contributed by atoms with Crippen molar-refractivity contribution in [2.75, 3.05) is 20.2 Å². The summed E-state index contributed by atoms with van der Waals surface area (Å²) in [6.07, 6.45) is 1.35. The normalized spacial score (nSPS) is 18.1. The number of aryl methyl sites for hydroxylation is 1. The summed E-state index contributed by atoms with van der Waals surface area (Å²) in [5.41, 5.74) is 1.30. The number of esters is 1. The number of rotatable bonds is 3. The number of methoxy groups -OCH3 is 1. The van der Waals surface area contributed by atoms with Crippen LogP contribution in [-0.2, 0) is 16.0 Å². The van der Waals surface area contributed by atoms with Crippen LogP contribution in [0.5, 0.6) is 0 Å². The van der Waals surface area contributed by atoms with Crippen molar-refractivity contribution in [2.45, 2.75) is 19.8 Å². The molecule has 0 N–H and O–H groups in total. The molecule has 5 nitrogen and oxygen atoms in total. The van der Waals surface area contributed by atoms with E-state index in [4.69, 9.17) is 16.3 Å². The van der Waals surface area contributed by atoms with E-state index in [2.05, 4.69) is 4.98 Å². The van der Waals surface area contributed by atoms with E-state index in [1.807, 2.05) is 6.92 Å². The number of hydrogen-bond acceptors (Lipinski definition) is 4. The minimum Gasteiger partial charge on any atom is -0.469 e. The molecule has 1 unspecified atom stereocenters. The summed E-state index contributed by atoms with van der Waals surface area (Å²) in [6.45, 7) is 2.91. The molecule has 1 aromatic heterocycles. The zero-order chi connectivity index (χ0) is 14.7. The van der Waals surface area contributed by atoms with Crippen molar-refractivity contribution in [3.05, 3.63) is 28.5 Å². The fourth-order valence-corrected chi connectivity index (χ4v) is 2.57. The van der Waals surface area contributed by atoms with E-state index in [-0.39, 0.29) is 17.8 Å². The molecule has 108 valence electrons. The van der Waals surface area contributed by atoms with Crippen LogP contribution in [0.1, 0.15) is 29.4 Å². The lowest BCUT2D eigenvalue weighted by molar-refractivity contribution is -0.144. The van der Waals surface area contributed by atoms with Crippen LogP contribution in [0.2, 0.25) is 5.15 Å². The van der Waals surface area contributed by atoms with Gasteiger partial charge in [0.05, 0.1) is 13.0 Å². The first kappa shape index (κ1) is 14.8. The van der Waals surface area contributed by atoms with E-state index in [1.54, 1.807) is 17.0 Å². The molecule has 1 aliphatic heterocycles. The molecule has 2 heterocycles. The number of hydrogen-bond donors (Lipinski definition) is 0. The van der Waals surface area contributed by atoms with Crippen LogP contribution in [-0.4, -0.2) is 42.0 Å². The monoisotopic (exact) mass is 296 g/mol. The van der Waals surface area contributed by atoms with E-state index < -0.39 is 0 Å². The first-order chi connectivity index (χ1) is 9.55. The Balaban J connectivity index is 2.13. The number of pyridine rings is 1. The summed E-state index contributed by atoms with van der Waals surface area (Å²) in [5.74, 6) is -0.607. The Kier molecular flexibility index (Phi) is 4.60. The molecule has 0 radical (unpaired) electrons. The number of likely N-dealkylation sites (tertiary alicyclic amines) is 1. The maximum Gasteiger partial charge on any atom is 0.310 e. The minimum atomic E-state index is -0.262. The van der Waals surface area contributed by atoms with Gasteiger partial charge in [0.15, 0.2) is 0 Å². The number of amides is 1. The van der Waals surface area contributed by atoms with Gasteiger partial charge in [0.2, 0.25) is 0 Å². The van der Waals surface area contributed by atoms with Crippen molar-refractivity contribution >= 4 is 23.5 Å². The molecule has 1 saturated heterocycles. The van der Waals surface area contributed by atoms with Gasteiger partial charge in [-0.15, -0.1) is 0 Å². The molecule has 0 aliphatic carbocycles. The molecule has 1 atom stereocenters. The maximum absolute atomic E-state index is 12.4. The highest BCUT2D eigenvalue weighted by atomic mass is 35.5. The van der Waals surface area contributed by atoms with Crippen molar-refractivity contribution in [2.24, 2.45) is 5.92 Å². The lowest BCUT2D eigenvalue weighted by Crippen LogP contribution is -2.30. The summed E-state index contributed by atoms with van der Waals surface area (Å²) in [7, 11) is 1.36. The summed E-state index contributed by atoms with van der Waals surface area (Å²) < 4.78 is 4.72. The third-order valence-electron chi connectivity index (χ3n) is 3.47. The lowest BCUT2D eigenvalue weighted by atomic mass is 10.1. The Hall–Kier alpha value is -1.62. The van der Waals surface area contributed by atoms with E-state index >= 15 is 0 Å². The van der Waals surface area contributed by atoms with Gasteiger partial charge >= 0.3 is 5.97 Å². The molecule has 0 aromatic carbocycles. The van der Waals surface area contributed by atoms with Gasteiger partial charge in [-0.3, -0.25) is 9.59 Å². The van der Waals surface area contributed by atoms with Crippen LogP contribution >= 0.6 is 11.6 Å². The molecular formula is C14H17ClN2O3. The first-order valence-corrected chi connectivity index (χ1v) is 6.96. The average molecular weight is 297 g/mol. The largest absolute Gasteiger partial charge is 0.469 e. The fourth-order valence-electron chi connectivity index (χ4n) is 2.34. The number of halogens is 1. The molecule has 1 aromatic rings. The number of aromatic nitrogens is 1. The Morgan fingerprint density at radius 1 is 1.50 bits per heavy atom. The number of carbonyl (C=O) groups excluding carboxylic acids is 2. The van der Waals surface area contributed by atoms with Crippen molar-refractivity contribution in [1.29, 1.82) is 0 Å². The fraction of sp³-hybridized carbons (Fsp3) is 0.500. The van der Waals surface area contributed by atoms with Gasteiger partial charge in [-0.25, -0.2) is 4.98 Å². The summed E-state index contributed by atoms with van der Waals surface area (Å²) in [6, 6.07) is 3.31. The van der Waals surface area contributed by atoms with Crippen molar-refractivity contribution in [3.8, 4) is 0 Å². The molecule has 1 amide bonds. The number of ether oxygens (including phenoxy) is 1. The third-order valence-corrected chi connectivity index (χ3v) is 3.66. The zero-order valence-corrected chi connectivity index (χ0v) is 12.3. The highest BCUT2D eigenvalue weighted by Gasteiger charge is 2.32. The van der Waals surface area contributed by atoms with Crippen LogP contribution in [0, 0.1) is 5.92 Å². The van der Waals surface area contributed by atoms with Crippen LogP contribution in [0.25, 0.3) is 0 Å². The van der Waals surface area contributed by atoms with E-state index in [0.29, 0.717) is 36.6 Å². The number of carbonyl (C=O) groups is 2. The van der Waals surface area contributed by atoms with E-state index in [9.17, 15) is 9.59 Å². The van der Waals surface area contributed by atoms with Gasteiger partial charge in [0.1, 0.15) is 5.15 Å². The van der Waals surface area contributed by atoms with Gasteiger partial charge in [0, 0.05) is 24.3 Å². The topological polar surface area (TPSA) is 59.5 Å². The highest BCUT2D eigenvalue weighted by Crippen LogP contribution is 2.21. The molecule has 0 spiro atoms. The predicted molar refractivity (Wildman–Crippen MR) is 74.7 cm³/mol. The molecule has 1 aliphatic rings. The Morgan fingerprint density at radius 2 is 2.25 bits per heavy atom. The van der Waals surface area contributed by atoms with Crippen LogP contribution < -0.4 is 0 Å². The van der Waals surface area contributed by atoms with Gasteiger partial charge in [-0.05, 0) is 25.0 Å². The molecule has 6 heteroatoms. The van der Waals surface area contributed by atoms with Gasteiger partial charge < -0.3 is 9.64 Å². The molecule has 2 rings (SSSR count). The standard InChI is InChI=1S/C14H17ClN2O3/c1-3-11-6-10(7-12(15)16-11)13(18)17-5-4-9(8-17)14(19)20-2/h6-7,9H,3-5,8H2,1-2H3. The smallest absolute Gasteiger partial charge is 0.310 e. The average Bonchev–Trinajstić information content (AvgIpc) is 2.94. The number of nitrogens with zero attached hydrogens (tertiary/aromatic N) is 2. The van der Waals surface area contributed by atoms with Crippen molar-refractivity contribution in [3.63, 3.8) is 0 Å². The summed E-state index contributed by atoms with van der Waals surface area (Å²) >= 11 is 5.93. The summed E-state index contributed by atoms with van der Waals surface area (Å²) in [4.78, 5) is 29.7. The maximum atomic E-state index is 12.4. The van der Waals surface area contributed by atoms with E-state index in [1.165, 1.54) is 7.11 Å². The van der Waals surface area contributed by atoms with Crippen molar-refractivity contribution in [1.82, 2.24) is 9.88 Å². The quantitative estimate of drug-likeness (QED) is 0.632. The van der Waals surface area contributed by atoms with Crippen LogP contribution in [0.3, 0.4) is 0 Å². The third kappa shape index (κ3) is 3.10. The molecule has 0 bridgehead atoms. The van der Waals surface area contributed by atoms with Crippen LogP contribution in [0.4, 0.5) is 0 Å². The Labute approximate surface area is 122 Å². The minimum absolute atomic E-state index is 0.115. The van der Waals surface area contributed by atoms with Crippen molar-refractivity contribution < 1.29 is 14.3 Å². The predicted octanol–water partition coefficient (Wildman–Crippen LogP) is 1.93. The lowest BCUT2D eigenvalue weighted by Gasteiger charge is -2.16. The molecule has 20 heavy (non-hydrogen) atoms. The SMILES string of the molecule is CCc1cc(C(=O)N2CCC(C(=O)OC)C2)cc(Cl)n1. The zero-order valence-electron chi connectivity index (χ0n) is 11.6. The first-order valence-electron chi connectivity index (χ1n) is 6.58.